The van der Waals surface area contributed by atoms with Gasteiger partial charge >= 0.3 is 6.09 Å². The Morgan fingerprint density at radius 1 is 1.50 bits per heavy atom. The lowest BCUT2D eigenvalue weighted by molar-refractivity contribution is 0.192. The van der Waals surface area contributed by atoms with Gasteiger partial charge in [-0.05, 0) is 31.2 Å². The van der Waals surface area contributed by atoms with Crippen LogP contribution in [0.25, 0.3) is 0 Å². The Bertz CT molecular complexity index is 293. The number of carbonyl (C=O) groups is 1. The number of hydrogen-bond acceptors (Lipinski definition) is 2. The van der Waals surface area contributed by atoms with Crippen molar-refractivity contribution in [3.05, 3.63) is 17.5 Å². The number of carboxylic acid groups (broad SMARTS) is 1. The normalized spacial score (nSPS) is 15.7. The lowest BCUT2D eigenvalue weighted by Gasteiger charge is -2.06. The zero-order chi connectivity index (χ0) is 8.55. The molecular weight excluding hydrogens is 156 g/mol. The van der Waals surface area contributed by atoms with Gasteiger partial charge in [0.25, 0.3) is 0 Å². The monoisotopic (exact) mass is 166 g/mol. The van der Waals surface area contributed by atoms with Crippen molar-refractivity contribution in [1.82, 2.24) is 9.78 Å². The molecule has 4 nitrogen and oxygen atoms in total. The van der Waals surface area contributed by atoms with Crippen molar-refractivity contribution in [2.75, 3.05) is 0 Å². The molecular formula is C8H10N2O2. The molecule has 1 aromatic heterocycles. The van der Waals surface area contributed by atoms with E-state index in [1.165, 1.54) is 0 Å². The first kappa shape index (κ1) is 7.34. The fourth-order valence-electron chi connectivity index (χ4n) is 1.57. The topological polar surface area (TPSA) is 55.1 Å². The van der Waals surface area contributed by atoms with Crippen molar-refractivity contribution in [2.24, 2.45) is 0 Å². The van der Waals surface area contributed by atoms with E-state index in [4.69, 9.17) is 5.11 Å². The number of nitrogens with zero attached hydrogens (tertiary/aromatic N) is 2. The molecule has 4 heteroatoms. The van der Waals surface area contributed by atoms with Crippen LogP contribution in [0.15, 0.2) is 6.20 Å². The Balaban J connectivity index is 2.38. The highest BCUT2D eigenvalue weighted by Gasteiger charge is 2.15. The minimum atomic E-state index is -0.996. The van der Waals surface area contributed by atoms with Crippen molar-refractivity contribution < 1.29 is 9.90 Å². The van der Waals surface area contributed by atoms with Crippen LogP contribution in [-0.4, -0.2) is 21.0 Å². The Hall–Kier alpha value is -1.32. The van der Waals surface area contributed by atoms with Crippen LogP contribution in [0.5, 0.6) is 0 Å². The molecule has 64 valence electrons. The van der Waals surface area contributed by atoms with Gasteiger partial charge in [0.1, 0.15) is 0 Å². The van der Waals surface area contributed by atoms with E-state index < -0.39 is 6.09 Å². The fourth-order valence-corrected chi connectivity index (χ4v) is 1.57. The molecule has 1 aliphatic carbocycles. The number of rotatable bonds is 0. The van der Waals surface area contributed by atoms with Crippen molar-refractivity contribution >= 4 is 6.09 Å². The second-order valence-corrected chi connectivity index (χ2v) is 3.04. The average Bonchev–Trinajstić information content (AvgIpc) is 2.46. The molecule has 1 aromatic rings. The van der Waals surface area contributed by atoms with Crippen LogP contribution in [0, 0.1) is 0 Å². The fraction of sp³-hybridized carbons (Fsp3) is 0.500. The van der Waals surface area contributed by atoms with Gasteiger partial charge < -0.3 is 5.11 Å². The number of aryl methyl sites for hydroxylation is 2. The highest BCUT2D eigenvalue weighted by atomic mass is 16.4. The van der Waals surface area contributed by atoms with Crippen LogP contribution in [0.3, 0.4) is 0 Å². The molecule has 0 aliphatic heterocycles. The van der Waals surface area contributed by atoms with E-state index in [2.05, 4.69) is 5.10 Å². The summed E-state index contributed by atoms with van der Waals surface area (Å²) >= 11 is 0. The molecule has 1 aliphatic rings. The Morgan fingerprint density at radius 3 is 2.92 bits per heavy atom. The van der Waals surface area contributed by atoms with E-state index in [0.29, 0.717) is 0 Å². The lowest BCUT2D eigenvalue weighted by atomic mass is 9.99. The second-order valence-electron chi connectivity index (χ2n) is 3.04. The van der Waals surface area contributed by atoms with E-state index in [0.717, 1.165) is 41.6 Å². The van der Waals surface area contributed by atoms with E-state index >= 15 is 0 Å². The third-order valence-corrected chi connectivity index (χ3v) is 2.18. The number of aromatic nitrogens is 2. The highest BCUT2D eigenvalue weighted by Crippen LogP contribution is 2.18. The largest absolute Gasteiger partial charge is 0.463 e. The average molecular weight is 166 g/mol. The summed E-state index contributed by atoms with van der Waals surface area (Å²) in [6.45, 7) is 0. The minimum Gasteiger partial charge on any atom is -0.463 e. The summed E-state index contributed by atoms with van der Waals surface area (Å²) in [5.41, 5.74) is 2.06. The Labute approximate surface area is 69.8 Å². The van der Waals surface area contributed by atoms with Crippen LogP contribution in [0.4, 0.5) is 4.79 Å². The molecule has 0 amide bonds. The third kappa shape index (κ3) is 1.09. The molecule has 0 radical (unpaired) electrons. The number of hydrogen-bond donors (Lipinski definition) is 1. The molecule has 1 N–H and O–H groups in total. The summed E-state index contributed by atoms with van der Waals surface area (Å²) in [6, 6.07) is 0. The smallest absolute Gasteiger partial charge is 0.432 e. The molecule has 0 fully saturated rings. The molecule has 0 bridgehead atoms. The maximum Gasteiger partial charge on any atom is 0.432 e. The van der Waals surface area contributed by atoms with Gasteiger partial charge in [0.2, 0.25) is 0 Å². The van der Waals surface area contributed by atoms with Gasteiger partial charge in [-0.2, -0.15) is 9.78 Å². The quantitative estimate of drug-likeness (QED) is 0.631. The predicted molar refractivity (Wildman–Crippen MR) is 42.3 cm³/mol. The maximum absolute atomic E-state index is 10.5. The zero-order valence-electron chi connectivity index (χ0n) is 6.66. The molecule has 0 spiro atoms. The van der Waals surface area contributed by atoms with Crippen molar-refractivity contribution in [1.29, 1.82) is 0 Å². The van der Waals surface area contributed by atoms with Crippen LogP contribution in [0.2, 0.25) is 0 Å². The SMILES string of the molecule is O=C(O)n1cc2c(n1)CCCC2. The molecule has 0 aromatic carbocycles. The lowest BCUT2D eigenvalue weighted by Crippen LogP contribution is -2.08. The summed E-state index contributed by atoms with van der Waals surface area (Å²) in [6.07, 6.45) is 4.81. The van der Waals surface area contributed by atoms with Crippen LogP contribution in [0.1, 0.15) is 24.1 Å². The van der Waals surface area contributed by atoms with Crippen LogP contribution < -0.4 is 0 Å². The van der Waals surface area contributed by atoms with Crippen molar-refractivity contribution in [2.45, 2.75) is 25.7 Å². The van der Waals surface area contributed by atoms with E-state index in [1.807, 2.05) is 0 Å². The first-order chi connectivity index (χ1) is 5.77. The number of fused-ring (bicyclic) bond motifs is 1. The Morgan fingerprint density at radius 2 is 2.25 bits per heavy atom. The van der Waals surface area contributed by atoms with E-state index in [9.17, 15) is 4.79 Å². The first-order valence-electron chi connectivity index (χ1n) is 4.08. The first-order valence-corrected chi connectivity index (χ1v) is 4.08. The van der Waals surface area contributed by atoms with E-state index in [-0.39, 0.29) is 0 Å². The van der Waals surface area contributed by atoms with Gasteiger partial charge in [-0.1, -0.05) is 0 Å². The summed E-state index contributed by atoms with van der Waals surface area (Å²) in [5, 5.41) is 12.6. The van der Waals surface area contributed by atoms with Crippen LogP contribution in [-0.2, 0) is 12.8 Å². The molecule has 1 heterocycles. The van der Waals surface area contributed by atoms with Gasteiger partial charge in [-0.15, -0.1) is 0 Å². The minimum absolute atomic E-state index is 0.926. The highest BCUT2D eigenvalue weighted by molar-refractivity contribution is 5.67. The molecule has 0 atom stereocenters. The van der Waals surface area contributed by atoms with Gasteiger partial charge in [-0.3, -0.25) is 0 Å². The second kappa shape index (κ2) is 2.62. The van der Waals surface area contributed by atoms with Crippen molar-refractivity contribution in [3.8, 4) is 0 Å². The van der Waals surface area contributed by atoms with Gasteiger partial charge in [-0.25, -0.2) is 4.79 Å². The Kier molecular flexibility index (Phi) is 1.60. The van der Waals surface area contributed by atoms with Gasteiger partial charge in [0.15, 0.2) is 0 Å². The summed E-state index contributed by atoms with van der Waals surface area (Å²) in [4.78, 5) is 10.5. The van der Waals surface area contributed by atoms with Crippen LogP contribution >= 0.6 is 0 Å². The zero-order valence-corrected chi connectivity index (χ0v) is 6.66. The van der Waals surface area contributed by atoms with E-state index in [1.54, 1.807) is 6.20 Å². The molecule has 2 rings (SSSR count). The summed E-state index contributed by atoms with van der Waals surface area (Å²) < 4.78 is 1.01. The molecule has 12 heavy (non-hydrogen) atoms. The van der Waals surface area contributed by atoms with Gasteiger partial charge in [0, 0.05) is 6.20 Å². The maximum atomic E-state index is 10.5. The third-order valence-electron chi connectivity index (χ3n) is 2.18. The van der Waals surface area contributed by atoms with Crippen molar-refractivity contribution in [3.63, 3.8) is 0 Å². The predicted octanol–water partition coefficient (Wildman–Crippen LogP) is 1.29. The molecule has 0 saturated carbocycles. The summed E-state index contributed by atoms with van der Waals surface area (Å²) in [5.74, 6) is 0. The standard InChI is InChI=1S/C8H10N2O2/c11-8(12)10-5-6-3-1-2-4-7(6)9-10/h5H,1-4H2,(H,11,12). The molecule has 0 saturated heterocycles. The molecule has 0 unspecified atom stereocenters. The van der Waals surface area contributed by atoms with Gasteiger partial charge in [0.05, 0.1) is 5.69 Å². The summed E-state index contributed by atoms with van der Waals surface area (Å²) in [7, 11) is 0.